The van der Waals surface area contributed by atoms with Gasteiger partial charge in [0.1, 0.15) is 0 Å². The second-order valence-corrected chi connectivity index (χ2v) is 6.60. The summed E-state index contributed by atoms with van der Waals surface area (Å²) in [6, 6.07) is 0. The van der Waals surface area contributed by atoms with E-state index >= 15 is 0 Å². The van der Waals surface area contributed by atoms with Crippen molar-refractivity contribution in [3.05, 3.63) is 0 Å². The van der Waals surface area contributed by atoms with Crippen molar-refractivity contribution >= 4 is 5.91 Å². The molecule has 0 bridgehead atoms. The first-order valence-corrected chi connectivity index (χ1v) is 8.17. The maximum atomic E-state index is 11.9. The van der Waals surface area contributed by atoms with E-state index in [1.54, 1.807) is 0 Å². The van der Waals surface area contributed by atoms with Crippen LogP contribution in [0.15, 0.2) is 0 Å². The number of carbonyl (C=O) groups is 1. The molecular formula is C16H32N2O2. The lowest BCUT2D eigenvalue weighted by Crippen LogP contribution is -2.32. The van der Waals surface area contributed by atoms with Gasteiger partial charge in [-0.3, -0.25) is 4.79 Å². The van der Waals surface area contributed by atoms with Crippen LogP contribution in [-0.2, 0) is 4.79 Å². The Kier molecular flexibility index (Phi) is 8.15. The number of hydrogen-bond acceptors (Lipinski definition) is 3. The molecule has 0 aromatic rings. The number of rotatable bonds is 8. The lowest BCUT2D eigenvalue weighted by molar-refractivity contribution is -0.121. The molecule has 1 saturated carbocycles. The molecule has 1 aliphatic carbocycles. The third kappa shape index (κ3) is 6.71. The number of aliphatic hydroxyl groups excluding tert-OH is 1. The Balaban J connectivity index is 2.16. The molecule has 4 heteroatoms. The maximum Gasteiger partial charge on any atom is 0.220 e. The van der Waals surface area contributed by atoms with Crippen molar-refractivity contribution in [2.24, 2.45) is 23.5 Å². The Hall–Kier alpha value is -0.610. The normalized spacial score (nSPS) is 24.6. The average molecular weight is 284 g/mol. The van der Waals surface area contributed by atoms with Gasteiger partial charge in [-0.15, -0.1) is 0 Å². The van der Waals surface area contributed by atoms with Gasteiger partial charge in [-0.2, -0.15) is 0 Å². The zero-order valence-corrected chi connectivity index (χ0v) is 13.1. The van der Waals surface area contributed by atoms with Crippen LogP contribution in [0.25, 0.3) is 0 Å². The summed E-state index contributed by atoms with van der Waals surface area (Å²) in [6.45, 7) is 5.88. The van der Waals surface area contributed by atoms with Gasteiger partial charge in [0.05, 0.1) is 6.10 Å². The number of aliphatic hydroxyl groups is 1. The van der Waals surface area contributed by atoms with Crippen LogP contribution < -0.4 is 11.1 Å². The summed E-state index contributed by atoms with van der Waals surface area (Å²) in [5, 5.41) is 12.5. The van der Waals surface area contributed by atoms with Crippen LogP contribution in [0.3, 0.4) is 0 Å². The van der Waals surface area contributed by atoms with Crippen molar-refractivity contribution in [3.63, 3.8) is 0 Å². The van der Waals surface area contributed by atoms with Gasteiger partial charge < -0.3 is 16.2 Å². The highest BCUT2D eigenvalue weighted by Gasteiger charge is 2.20. The van der Waals surface area contributed by atoms with Crippen LogP contribution in [-0.4, -0.2) is 30.2 Å². The molecule has 0 spiro atoms. The molecule has 0 saturated heterocycles. The van der Waals surface area contributed by atoms with Gasteiger partial charge in [-0.25, -0.2) is 0 Å². The van der Waals surface area contributed by atoms with E-state index in [-0.39, 0.29) is 12.0 Å². The van der Waals surface area contributed by atoms with Crippen molar-refractivity contribution in [3.8, 4) is 0 Å². The summed E-state index contributed by atoms with van der Waals surface area (Å²) in [5.74, 6) is 1.85. The van der Waals surface area contributed by atoms with E-state index in [4.69, 9.17) is 5.73 Å². The van der Waals surface area contributed by atoms with Gasteiger partial charge in [-0.05, 0) is 62.8 Å². The van der Waals surface area contributed by atoms with E-state index in [1.807, 2.05) is 0 Å². The minimum Gasteiger partial charge on any atom is -0.393 e. The summed E-state index contributed by atoms with van der Waals surface area (Å²) in [6.07, 6.45) is 6.25. The Labute approximate surface area is 123 Å². The smallest absolute Gasteiger partial charge is 0.220 e. The molecule has 1 amide bonds. The fourth-order valence-corrected chi connectivity index (χ4v) is 3.04. The molecule has 4 nitrogen and oxygen atoms in total. The Morgan fingerprint density at radius 3 is 2.45 bits per heavy atom. The first-order chi connectivity index (χ1) is 9.52. The van der Waals surface area contributed by atoms with Gasteiger partial charge in [0.15, 0.2) is 0 Å². The van der Waals surface area contributed by atoms with E-state index < -0.39 is 0 Å². The van der Waals surface area contributed by atoms with Crippen molar-refractivity contribution in [2.75, 3.05) is 13.1 Å². The predicted octanol–water partition coefficient (Wildman–Crippen LogP) is 2.05. The third-order valence-corrected chi connectivity index (χ3v) is 4.63. The van der Waals surface area contributed by atoms with Gasteiger partial charge >= 0.3 is 0 Å². The molecular weight excluding hydrogens is 252 g/mol. The van der Waals surface area contributed by atoms with Crippen molar-refractivity contribution < 1.29 is 9.90 Å². The summed E-state index contributed by atoms with van der Waals surface area (Å²) in [7, 11) is 0. The van der Waals surface area contributed by atoms with Crippen LogP contribution in [0.1, 0.15) is 58.8 Å². The second kappa shape index (κ2) is 9.35. The second-order valence-electron chi connectivity index (χ2n) is 6.60. The number of hydrogen-bond donors (Lipinski definition) is 3. The standard InChI is InChI=1S/C16H32N2O2/c1-12(2)14(9-10-17)5-8-16(20)18-11-13-3-6-15(19)7-4-13/h12-15,19H,3-11,17H2,1-2H3,(H,18,20). The highest BCUT2D eigenvalue weighted by atomic mass is 16.3. The zero-order chi connectivity index (χ0) is 15.0. The number of nitrogens with two attached hydrogens (primary N) is 1. The molecule has 1 unspecified atom stereocenters. The average Bonchev–Trinajstić information content (AvgIpc) is 2.42. The Morgan fingerprint density at radius 2 is 1.90 bits per heavy atom. The minimum atomic E-state index is -0.120. The first kappa shape index (κ1) is 17.4. The van der Waals surface area contributed by atoms with Crippen molar-refractivity contribution in [2.45, 2.75) is 64.9 Å². The topological polar surface area (TPSA) is 75.4 Å². The van der Waals surface area contributed by atoms with Gasteiger partial charge in [0.25, 0.3) is 0 Å². The minimum absolute atomic E-state index is 0.120. The van der Waals surface area contributed by atoms with Crippen LogP contribution in [0.4, 0.5) is 0 Å². The quantitative estimate of drug-likeness (QED) is 0.638. The highest BCUT2D eigenvalue weighted by molar-refractivity contribution is 5.75. The van der Waals surface area contributed by atoms with E-state index in [2.05, 4.69) is 19.2 Å². The summed E-state index contributed by atoms with van der Waals surface area (Å²) < 4.78 is 0. The summed E-state index contributed by atoms with van der Waals surface area (Å²) >= 11 is 0. The predicted molar refractivity (Wildman–Crippen MR) is 82.2 cm³/mol. The van der Waals surface area contributed by atoms with Crippen molar-refractivity contribution in [1.82, 2.24) is 5.32 Å². The molecule has 0 aromatic heterocycles. The number of nitrogens with one attached hydrogen (secondary N) is 1. The zero-order valence-electron chi connectivity index (χ0n) is 13.1. The summed E-state index contributed by atoms with van der Waals surface area (Å²) in [5.41, 5.74) is 5.62. The molecule has 1 fully saturated rings. The van der Waals surface area contributed by atoms with Crippen LogP contribution in [0.5, 0.6) is 0 Å². The molecule has 0 aromatic carbocycles. The molecule has 1 aliphatic rings. The van der Waals surface area contributed by atoms with E-state index in [9.17, 15) is 9.90 Å². The number of amides is 1. The first-order valence-electron chi connectivity index (χ1n) is 8.17. The third-order valence-electron chi connectivity index (χ3n) is 4.63. The van der Waals surface area contributed by atoms with Crippen LogP contribution in [0, 0.1) is 17.8 Å². The Bertz CT molecular complexity index is 274. The van der Waals surface area contributed by atoms with Gasteiger partial charge in [-0.1, -0.05) is 13.8 Å². The SMILES string of the molecule is CC(C)C(CCN)CCC(=O)NCC1CCC(O)CC1. The highest BCUT2D eigenvalue weighted by Crippen LogP contribution is 2.24. The molecule has 118 valence electrons. The van der Waals surface area contributed by atoms with Crippen LogP contribution in [0.2, 0.25) is 0 Å². The van der Waals surface area contributed by atoms with Crippen LogP contribution >= 0.6 is 0 Å². The monoisotopic (exact) mass is 284 g/mol. The fraction of sp³-hybridized carbons (Fsp3) is 0.938. The largest absolute Gasteiger partial charge is 0.393 e. The van der Waals surface area contributed by atoms with E-state index in [0.717, 1.165) is 45.1 Å². The molecule has 4 N–H and O–H groups in total. The van der Waals surface area contributed by atoms with E-state index in [0.29, 0.717) is 30.7 Å². The fourth-order valence-electron chi connectivity index (χ4n) is 3.04. The van der Waals surface area contributed by atoms with Gasteiger partial charge in [0.2, 0.25) is 5.91 Å². The van der Waals surface area contributed by atoms with E-state index in [1.165, 1.54) is 0 Å². The summed E-state index contributed by atoms with van der Waals surface area (Å²) in [4.78, 5) is 11.9. The molecule has 20 heavy (non-hydrogen) atoms. The molecule has 0 radical (unpaired) electrons. The number of carbonyl (C=O) groups excluding carboxylic acids is 1. The van der Waals surface area contributed by atoms with Gasteiger partial charge in [0, 0.05) is 13.0 Å². The molecule has 0 aliphatic heterocycles. The molecule has 0 heterocycles. The Morgan fingerprint density at radius 1 is 1.25 bits per heavy atom. The molecule has 1 atom stereocenters. The van der Waals surface area contributed by atoms with Crippen molar-refractivity contribution in [1.29, 1.82) is 0 Å². The lowest BCUT2D eigenvalue weighted by atomic mass is 9.87. The lowest BCUT2D eigenvalue weighted by Gasteiger charge is -2.25. The maximum absolute atomic E-state index is 11.9. The molecule has 1 rings (SSSR count).